The summed E-state index contributed by atoms with van der Waals surface area (Å²) < 4.78 is 5.31. The van der Waals surface area contributed by atoms with E-state index in [9.17, 15) is 0 Å². The minimum absolute atomic E-state index is 0.213. The first-order chi connectivity index (χ1) is 10.7. The summed E-state index contributed by atoms with van der Waals surface area (Å²) in [5.74, 6) is 1.54. The quantitative estimate of drug-likeness (QED) is 0.609. The molecule has 7 heteroatoms. The summed E-state index contributed by atoms with van der Waals surface area (Å²) >= 11 is 6.01. The van der Waals surface area contributed by atoms with Crippen molar-refractivity contribution >= 4 is 28.5 Å². The Morgan fingerprint density at radius 3 is 3.00 bits per heavy atom. The zero-order chi connectivity index (χ0) is 15.5. The van der Waals surface area contributed by atoms with Crippen LogP contribution in [0.2, 0.25) is 5.28 Å². The molecule has 22 heavy (non-hydrogen) atoms. The predicted octanol–water partition coefficient (Wildman–Crippen LogP) is 2.97. The number of furan rings is 1. The lowest BCUT2D eigenvalue weighted by Crippen LogP contribution is -2.23. The van der Waals surface area contributed by atoms with Crippen molar-refractivity contribution in [3.8, 4) is 0 Å². The van der Waals surface area contributed by atoms with Crippen LogP contribution in [0.4, 0.5) is 5.82 Å². The topological polar surface area (TPSA) is 78.8 Å². The molecule has 3 heterocycles. The van der Waals surface area contributed by atoms with Gasteiger partial charge in [0.2, 0.25) is 5.28 Å². The van der Waals surface area contributed by atoms with Crippen LogP contribution in [-0.2, 0) is 13.0 Å². The minimum atomic E-state index is 0.213. The number of halogens is 1. The molecule has 116 valence electrons. The third-order valence-electron chi connectivity index (χ3n) is 3.54. The molecule has 0 amide bonds. The van der Waals surface area contributed by atoms with Crippen LogP contribution in [0, 0.1) is 0 Å². The molecule has 1 unspecified atom stereocenters. The highest BCUT2D eigenvalue weighted by atomic mass is 35.5. The fourth-order valence-electron chi connectivity index (χ4n) is 2.30. The van der Waals surface area contributed by atoms with Crippen LogP contribution in [0.1, 0.15) is 18.4 Å². The van der Waals surface area contributed by atoms with Gasteiger partial charge < -0.3 is 20.0 Å². The Hall–Kier alpha value is -2.05. The van der Waals surface area contributed by atoms with Gasteiger partial charge in [0, 0.05) is 18.2 Å². The standard InChI is InChI=1S/C15H18ClN5O/c1-9(17-2)6-10-7-12-13(18-8-11-4-3-5-22-11)20-15(16)21-14(12)19-10/h3-5,7,9,17H,6,8H2,1-2H3,(H2,18,19,20,21). The first-order valence-electron chi connectivity index (χ1n) is 7.14. The molecule has 0 saturated carbocycles. The van der Waals surface area contributed by atoms with Crippen molar-refractivity contribution in [1.29, 1.82) is 0 Å². The van der Waals surface area contributed by atoms with E-state index >= 15 is 0 Å². The number of nitrogens with zero attached hydrogens (tertiary/aromatic N) is 2. The van der Waals surface area contributed by atoms with Gasteiger partial charge in [0.15, 0.2) is 0 Å². The molecule has 3 aromatic heterocycles. The van der Waals surface area contributed by atoms with E-state index in [4.69, 9.17) is 16.0 Å². The molecule has 0 bridgehead atoms. The Bertz CT molecular complexity index is 753. The minimum Gasteiger partial charge on any atom is -0.467 e. The smallest absolute Gasteiger partial charge is 0.226 e. The lowest BCUT2D eigenvalue weighted by atomic mass is 10.2. The number of aromatic nitrogens is 3. The molecule has 0 fully saturated rings. The summed E-state index contributed by atoms with van der Waals surface area (Å²) in [6.07, 6.45) is 2.52. The van der Waals surface area contributed by atoms with Crippen LogP contribution < -0.4 is 10.6 Å². The van der Waals surface area contributed by atoms with Crippen molar-refractivity contribution in [2.75, 3.05) is 12.4 Å². The lowest BCUT2D eigenvalue weighted by Gasteiger charge is -2.07. The molecule has 3 N–H and O–H groups in total. The number of aromatic amines is 1. The van der Waals surface area contributed by atoms with E-state index in [0.717, 1.165) is 28.9 Å². The van der Waals surface area contributed by atoms with Gasteiger partial charge in [-0.1, -0.05) is 0 Å². The number of hydrogen-bond acceptors (Lipinski definition) is 5. The fraction of sp³-hybridized carbons (Fsp3) is 0.333. The maximum absolute atomic E-state index is 6.01. The molecule has 1 atom stereocenters. The molecule has 0 radical (unpaired) electrons. The number of likely N-dealkylation sites (N-methyl/N-ethyl adjacent to an activating group) is 1. The maximum atomic E-state index is 6.01. The summed E-state index contributed by atoms with van der Waals surface area (Å²) in [6, 6.07) is 6.19. The van der Waals surface area contributed by atoms with Crippen LogP contribution in [-0.4, -0.2) is 28.0 Å². The SMILES string of the molecule is CNC(C)Cc1cc2c(NCc3ccco3)nc(Cl)nc2[nH]1. The molecule has 6 nitrogen and oxygen atoms in total. The highest BCUT2D eigenvalue weighted by Crippen LogP contribution is 2.24. The highest BCUT2D eigenvalue weighted by Gasteiger charge is 2.12. The van der Waals surface area contributed by atoms with Crippen molar-refractivity contribution in [2.24, 2.45) is 0 Å². The first kappa shape index (κ1) is 14.9. The first-order valence-corrected chi connectivity index (χ1v) is 7.52. The van der Waals surface area contributed by atoms with E-state index in [1.165, 1.54) is 0 Å². The number of nitrogens with one attached hydrogen (secondary N) is 3. The van der Waals surface area contributed by atoms with Gasteiger partial charge >= 0.3 is 0 Å². The van der Waals surface area contributed by atoms with Crippen molar-refractivity contribution < 1.29 is 4.42 Å². The largest absolute Gasteiger partial charge is 0.467 e. The third-order valence-corrected chi connectivity index (χ3v) is 3.71. The van der Waals surface area contributed by atoms with Gasteiger partial charge in [0.25, 0.3) is 0 Å². The monoisotopic (exact) mass is 319 g/mol. The zero-order valence-electron chi connectivity index (χ0n) is 12.5. The van der Waals surface area contributed by atoms with Gasteiger partial charge in [-0.15, -0.1) is 0 Å². The lowest BCUT2D eigenvalue weighted by molar-refractivity contribution is 0.518. The van der Waals surface area contributed by atoms with Gasteiger partial charge in [0.05, 0.1) is 18.2 Å². The van der Waals surface area contributed by atoms with Crippen LogP contribution in [0.25, 0.3) is 11.0 Å². The Morgan fingerprint density at radius 1 is 1.41 bits per heavy atom. The molecule has 0 aromatic carbocycles. The Morgan fingerprint density at radius 2 is 2.27 bits per heavy atom. The summed E-state index contributed by atoms with van der Waals surface area (Å²) in [6.45, 7) is 2.67. The summed E-state index contributed by atoms with van der Waals surface area (Å²) in [5.41, 5.74) is 1.83. The third kappa shape index (κ3) is 3.23. The van der Waals surface area contributed by atoms with Crippen molar-refractivity contribution in [1.82, 2.24) is 20.3 Å². The van der Waals surface area contributed by atoms with Gasteiger partial charge in [-0.05, 0) is 43.8 Å². The molecule has 3 rings (SSSR count). The fourth-order valence-corrected chi connectivity index (χ4v) is 2.47. The van der Waals surface area contributed by atoms with Crippen LogP contribution in [0.3, 0.4) is 0 Å². The molecule has 0 aliphatic carbocycles. The van der Waals surface area contributed by atoms with E-state index in [0.29, 0.717) is 18.4 Å². The molecule has 0 saturated heterocycles. The van der Waals surface area contributed by atoms with E-state index < -0.39 is 0 Å². The molecule has 0 aliphatic heterocycles. The summed E-state index contributed by atoms with van der Waals surface area (Å²) in [5, 5.41) is 7.60. The summed E-state index contributed by atoms with van der Waals surface area (Å²) in [7, 11) is 1.94. The van der Waals surface area contributed by atoms with E-state index in [-0.39, 0.29) is 5.28 Å². The Balaban J connectivity index is 1.87. The number of rotatable bonds is 6. The van der Waals surface area contributed by atoms with Crippen LogP contribution >= 0.6 is 11.6 Å². The molecular weight excluding hydrogens is 302 g/mol. The van der Waals surface area contributed by atoms with Crippen molar-refractivity contribution in [3.63, 3.8) is 0 Å². The van der Waals surface area contributed by atoms with Crippen molar-refractivity contribution in [3.05, 3.63) is 41.2 Å². The number of fused-ring (bicyclic) bond motifs is 1. The van der Waals surface area contributed by atoms with Crippen LogP contribution in [0.5, 0.6) is 0 Å². The van der Waals surface area contributed by atoms with Gasteiger partial charge in [-0.2, -0.15) is 4.98 Å². The molecule has 0 aliphatic rings. The van der Waals surface area contributed by atoms with E-state index in [1.54, 1.807) is 6.26 Å². The normalized spacial score (nSPS) is 12.7. The number of anilines is 1. The number of H-pyrrole nitrogens is 1. The number of hydrogen-bond donors (Lipinski definition) is 3. The maximum Gasteiger partial charge on any atom is 0.226 e. The van der Waals surface area contributed by atoms with Crippen LogP contribution in [0.15, 0.2) is 28.9 Å². The molecule has 3 aromatic rings. The highest BCUT2D eigenvalue weighted by molar-refractivity contribution is 6.28. The second kappa shape index (κ2) is 6.37. The van der Waals surface area contributed by atoms with Crippen molar-refractivity contribution in [2.45, 2.75) is 25.9 Å². The van der Waals surface area contributed by atoms with E-state index in [1.807, 2.05) is 19.2 Å². The average Bonchev–Trinajstić information content (AvgIpc) is 3.13. The van der Waals surface area contributed by atoms with E-state index in [2.05, 4.69) is 38.6 Å². The van der Waals surface area contributed by atoms with Gasteiger partial charge in [-0.3, -0.25) is 0 Å². The zero-order valence-corrected chi connectivity index (χ0v) is 13.2. The molecular formula is C15H18ClN5O. The van der Waals surface area contributed by atoms with Gasteiger partial charge in [-0.25, -0.2) is 4.98 Å². The molecule has 0 spiro atoms. The van der Waals surface area contributed by atoms with Gasteiger partial charge in [0.1, 0.15) is 17.2 Å². The Kier molecular flexibility index (Phi) is 4.31. The second-order valence-corrected chi connectivity index (χ2v) is 5.56. The summed E-state index contributed by atoms with van der Waals surface area (Å²) in [4.78, 5) is 11.8. The predicted molar refractivity (Wildman–Crippen MR) is 87.2 cm³/mol. The average molecular weight is 320 g/mol. The second-order valence-electron chi connectivity index (χ2n) is 5.22. The Labute approximate surface area is 133 Å².